The fourth-order valence-corrected chi connectivity index (χ4v) is 5.62. The molecule has 0 aliphatic carbocycles. The Labute approximate surface area is 209 Å². The Morgan fingerprint density at radius 2 is 1.21 bits per heavy atom. The van der Waals surface area contributed by atoms with E-state index in [1.165, 1.54) is 36.8 Å². The lowest BCUT2D eigenvalue weighted by molar-refractivity contribution is 0.0101. The summed E-state index contributed by atoms with van der Waals surface area (Å²) >= 11 is 0.389. The van der Waals surface area contributed by atoms with Gasteiger partial charge >= 0.3 is 0 Å². The minimum absolute atomic E-state index is 0.305. The predicted molar refractivity (Wildman–Crippen MR) is 139 cm³/mol. The largest absolute Gasteiger partial charge is 0.454 e. The third-order valence-electron chi connectivity index (χ3n) is 5.57. The number of hydrogen-bond acceptors (Lipinski definition) is 5. The van der Waals surface area contributed by atoms with E-state index in [1.807, 2.05) is 6.07 Å². The number of aryl methyl sites for hydroxylation is 1. The smallest absolute Gasteiger partial charge is 0.236 e. The molecule has 0 atom stereocenters. The van der Waals surface area contributed by atoms with Crippen LogP contribution >= 0.6 is 0 Å². The van der Waals surface area contributed by atoms with Crippen molar-refractivity contribution in [2.24, 2.45) is 0 Å². The Balaban J connectivity index is 0.000000513. The molecular weight excluding hydrogens is 431 g/mol. The molecule has 0 radical (unpaired) electrons. The van der Waals surface area contributed by atoms with Crippen LogP contribution in [0.25, 0.3) is 0 Å². The van der Waals surface area contributed by atoms with Gasteiger partial charge < -0.3 is 23.7 Å². The third-order valence-corrected chi connectivity index (χ3v) is 7.57. The van der Waals surface area contributed by atoms with Gasteiger partial charge in [0.15, 0.2) is 11.5 Å². The van der Waals surface area contributed by atoms with E-state index < -0.39 is 0 Å². The summed E-state index contributed by atoms with van der Waals surface area (Å²) in [5.74, 6) is 1.66. The summed E-state index contributed by atoms with van der Waals surface area (Å²) in [4.78, 5) is 0. The SMILES string of the molecule is CCCCOCCOCCOCc1cc2c(cc1CCC)OCO2.CCC[CH2][AlH][CH2]CCC. The van der Waals surface area contributed by atoms with Gasteiger partial charge in [-0.15, -0.1) is 0 Å². The number of ether oxygens (including phenoxy) is 5. The summed E-state index contributed by atoms with van der Waals surface area (Å²) in [5.41, 5.74) is 2.44. The van der Waals surface area contributed by atoms with Crippen LogP contribution in [0.2, 0.25) is 10.6 Å². The maximum Gasteiger partial charge on any atom is 0.236 e. The monoisotopic (exact) mass is 480 g/mol. The summed E-state index contributed by atoms with van der Waals surface area (Å²) < 4.78 is 27.6. The lowest BCUT2D eigenvalue weighted by Gasteiger charge is -2.11. The molecule has 0 saturated heterocycles. The van der Waals surface area contributed by atoms with Crippen molar-refractivity contribution in [3.63, 3.8) is 0 Å². The lowest BCUT2D eigenvalue weighted by atomic mass is 10.0. The standard InChI is InChI=1S/C19H30O5.2C4H9.Al.H/c1-3-5-7-20-8-9-21-10-11-22-14-17-13-19-18(23-15-24-19)12-16(17)6-4-2;2*1-3-4-2;;/h12-13H,3-11,14-15H2,1-2H3;2*1,3-4H2,2H3;;. The van der Waals surface area contributed by atoms with Crippen LogP contribution in [0.5, 0.6) is 11.5 Å². The second-order valence-corrected chi connectivity index (χ2v) is 10.7. The molecular formula is C27H49AlO5. The van der Waals surface area contributed by atoms with Gasteiger partial charge in [-0.1, -0.05) is 76.8 Å². The third kappa shape index (κ3) is 15.0. The molecule has 5 nitrogen and oxygen atoms in total. The molecule has 6 heteroatoms. The Kier molecular flexibility index (Phi) is 19.9. The van der Waals surface area contributed by atoms with Crippen molar-refractivity contribution in [1.82, 2.24) is 0 Å². The molecule has 0 saturated carbocycles. The average Bonchev–Trinajstić information content (AvgIpc) is 3.28. The molecule has 0 spiro atoms. The highest BCUT2D eigenvalue weighted by atomic mass is 27.1. The molecule has 1 aromatic rings. The van der Waals surface area contributed by atoms with E-state index in [0.717, 1.165) is 43.8 Å². The molecule has 33 heavy (non-hydrogen) atoms. The van der Waals surface area contributed by atoms with Crippen LogP contribution in [-0.4, -0.2) is 55.0 Å². The minimum Gasteiger partial charge on any atom is -0.454 e. The molecule has 190 valence electrons. The van der Waals surface area contributed by atoms with Gasteiger partial charge in [-0.2, -0.15) is 0 Å². The van der Waals surface area contributed by atoms with Gasteiger partial charge in [0, 0.05) is 6.61 Å². The lowest BCUT2D eigenvalue weighted by Crippen LogP contribution is -2.10. The first-order valence-electron chi connectivity index (χ1n) is 13.4. The van der Waals surface area contributed by atoms with Crippen molar-refractivity contribution in [2.45, 2.75) is 96.2 Å². The van der Waals surface area contributed by atoms with Gasteiger partial charge in [0.1, 0.15) is 0 Å². The summed E-state index contributed by atoms with van der Waals surface area (Å²) in [6, 6.07) is 4.12. The van der Waals surface area contributed by atoms with E-state index in [2.05, 4.69) is 33.8 Å². The van der Waals surface area contributed by atoms with Crippen molar-refractivity contribution in [3.8, 4) is 11.5 Å². The number of rotatable bonds is 19. The highest BCUT2D eigenvalue weighted by molar-refractivity contribution is 6.35. The van der Waals surface area contributed by atoms with Crippen molar-refractivity contribution < 1.29 is 23.7 Å². The average molecular weight is 481 g/mol. The van der Waals surface area contributed by atoms with Crippen LogP contribution in [0.4, 0.5) is 0 Å². The van der Waals surface area contributed by atoms with Crippen molar-refractivity contribution >= 4 is 15.2 Å². The van der Waals surface area contributed by atoms with Crippen LogP contribution in [0.3, 0.4) is 0 Å². The Bertz CT molecular complexity index is 576. The Hall–Kier alpha value is -0.768. The molecule has 1 aliphatic rings. The highest BCUT2D eigenvalue weighted by Gasteiger charge is 2.16. The second kappa shape index (κ2) is 21.7. The van der Waals surface area contributed by atoms with Gasteiger partial charge in [0.05, 0.1) is 33.0 Å². The molecule has 0 bridgehead atoms. The van der Waals surface area contributed by atoms with E-state index >= 15 is 0 Å². The Morgan fingerprint density at radius 1 is 0.667 bits per heavy atom. The maximum atomic E-state index is 5.75. The normalized spacial score (nSPS) is 11.9. The van der Waals surface area contributed by atoms with E-state index in [1.54, 1.807) is 10.6 Å². The number of unbranched alkanes of at least 4 members (excludes halogenated alkanes) is 3. The topological polar surface area (TPSA) is 46.2 Å². The molecule has 0 fully saturated rings. The molecule has 1 aliphatic heterocycles. The molecule has 1 aromatic carbocycles. The quantitative estimate of drug-likeness (QED) is 0.165. The summed E-state index contributed by atoms with van der Waals surface area (Å²) in [6.45, 7) is 13.0. The minimum atomic E-state index is 0.305. The van der Waals surface area contributed by atoms with Crippen LogP contribution in [0, 0.1) is 0 Å². The number of benzene rings is 1. The van der Waals surface area contributed by atoms with Gasteiger partial charge in [0.25, 0.3) is 0 Å². The van der Waals surface area contributed by atoms with Gasteiger partial charge in [0.2, 0.25) is 22.0 Å². The maximum absolute atomic E-state index is 5.75. The van der Waals surface area contributed by atoms with Gasteiger partial charge in [-0.05, 0) is 36.1 Å². The molecule has 0 N–H and O–H groups in total. The zero-order valence-corrected chi connectivity index (χ0v) is 23.3. The van der Waals surface area contributed by atoms with E-state index in [0.29, 0.717) is 55.0 Å². The number of hydrogen-bond donors (Lipinski definition) is 0. The second-order valence-electron chi connectivity index (χ2n) is 8.62. The van der Waals surface area contributed by atoms with Crippen LogP contribution in [0.1, 0.15) is 83.8 Å². The summed E-state index contributed by atoms with van der Waals surface area (Å²) in [7, 11) is 0. The van der Waals surface area contributed by atoms with E-state index in [4.69, 9.17) is 23.7 Å². The van der Waals surface area contributed by atoms with Gasteiger partial charge in [-0.25, -0.2) is 0 Å². The first-order valence-corrected chi connectivity index (χ1v) is 15.4. The zero-order valence-electron chi connectivity index (χ0n) is 21.9. The zero-order chi connectivity index (χ0) is 24.0. The molecule has 1 heterocycles. The van der Waals surface area contributed by atoms with Crippen LogP contribution < -0.4 is 9.47 Å². The fourth-order valence-electron chi connectivity index (χ4n) is 3.56. The predicted octanol–water partition coefficient (Wildman–Crippen LogP) is 6.58. The van der Waals surface area contributed by atoms with Crippen LogP contribution in [0.15, 0.2) is 12.1 Å². The van der Waals surface area contributed by atoms with Gasteiger partial charge in [-0.3, -0.25) is 0 Å². The first kappa shape index (κ1) is 30.3. The molecule has 0 unspecified atom stereocenters. The van der Waals surface area contributed by atoms with Crippen LogP contribution in [-0.2, 0) is 27.2 Å². The summed E-state index contributed by atoms with van der Waals surface area (Å²) in [5, 5.41) is 3.19. The van der Waals surface area contributed by atoms with E-state index in [9.17, 15) is 0 Å². The fraction of sp³-hybridized carbons (Fsp3) is 0.778. The van der Waals surface area contributed by atoms with E-state index in [-0.39, 0.29) is 0 Å². The first-order chi connectivity index (χ1) is 16.3. The molecule has 0 aromatic heterocycles. The number of fused-ring (bicyclic) bond motifs is 1. The highest BCUT2D eigenvalue weighted by Crippen LogP contribution is 2.35. The molecule has 2 rings (SSSR count). The van der Waals surface area contributed by atoms with Crippen molar-refractivity contribution in [1.29, 1.82) is 0 Å². The summed E-state index contributed by atoms with van der Waals surface area (Å²) in [6.07, 6.45) is 10.2. The Morgan fingerprint density at radius 3 is 1.79 bits per heavy atom. The van der Waals surface area contributed by atoms with Crippen molar-refractivity contribution in [3.05, 3.63) is 23.3 Å². The molecule has 0 amide bonds. The van der Waals surface area contributed by atoms with Crippen molar-refractivity contribution in [2.75, 3.05) is 39.8 Å².